The van der Waals surface area contributed by atoms with Crippen LogP contribution in [0.5, 0.6) is 5.75 Å². The molecule has 25 heavy (non-hydrogen) atoms. The highest BCUT2D eigenvalue weighted by Gasteiger charge is 2.12. The van der Waals surface area contributed by atoms with Crippen LogP contribution in [0.3, 0.4) is 0 Å². The van der Waals surface area contributed by atoms with Gasteiger partial charge in [-0.3, -0.25) is 0 Å². The van der Waals surface area contributed by atoms with Gasteiger partial charge in [-0.25, -0.2) is 19.5 Å². The largest absolute Gasteiger partial charge is 0.497 e. The molecular formula is C17H15N7O. The van der Waals surface area contributed by atoms with E-state index in [1.54, 1.807) is 11.7 Å². The maximum absolute atomic E-state index is 6.04. The third-order valence-corrected chi connectivity index (χ3v) is 3.69. The summed E-state index contributed by atoms with van der Waals surface area (Å²) < 4.78 is 6.84. The molecule has 4 rings (SSSR count). The van der Waals surface area contributed by atoms with Crippen LogP contribution in [-0.4, -0.2) is 31.6 Å². The van der Waals surface area contributed by atoms with Crippen LogP contribution in [0.4, 0.5) is 17.6 Å². The molecule has 8 heteroatoms. The average Bonchev–Trinajstić information content (AvgIpc) is 2.98. The first-order valence-corrected chi connectivity index (χ1v) is 7.58. The molecule has 0 aliphatic carbocycles. The lowest BCUT2D eigenvalue weighted by atomic mass is 10.3. The fourth-order valence-electron chi connectivity index (χ4n) is 2.51. The van der Waals surface area contributed by atoms with Gasteiger partial charge in [0, 0.05) is 5.69 Å². The number of anilines is 3. The minimum atomic E-state index is 0.322. The van der Waals surface area contributed by atoms with Crippen LogP contribution in [0.1, 0.15) is 0 Å². The lowest BCUT2D eigenvalue weighted by Gasteiger charge is -2.08. The summed E-state index contributed by atoms with van der Waals surface area (Å²) in [6, 6.07) is 15.1. The summed E-state index contributed by atoms with van der Waals surface area (Å²) in [5.74, 6) is 1.91. The van der Waals surface area contributed by atoms with E-state index in [1.807, 2.05) is 48.5 Å². The van der Waals surface area contributed by atoms with Crippen molar-refractivity contribution in [2.75, 3.05) is 18.2 Å². The molecule has 0 atom stereocenters. The van der Waals surface area contributed by atoms with Crippen molar-refractivity contribution in [2.24, 2.45) is 0 Å². The molecule has 3 N–H and O–H groups in total. The van der Waals surface area contributed by atoms with Crippen molar-refractivity contribution in [1.82, 2.24) is 24.5 Å². The number of para-hydroxylation sites is 2. The minimum absolute atomic E-state index is 0.322. The van der Waals surface area contributed by atoms with Gasteiger partial charge < -0.3 is 15.8 Å². The van der Waals surface area contributed by atoms with E-state index in [9.17, 15) is 0 Å². The number of ether oxygens (including phenoxy) is 1. The first-order chi connectivity index (χ1) is 12.2. The smallest absolute Gasteiger partial charge is 0.241 e. The highest BCUT2D eigenvalue weighted by Crippen LogP contribution is 2.22. The first kappa shape index (κ1) is 14.9. The van der Waals surface area contributed by atoms with Crippen molar-refractivity contribution >= 4 is 28.6 Å². The van der Waals surface area contributed by atoms with Gasteiger partial charge in [0.25, 0.3) is 0 Å². The molecule has 8 nitrogen and oxygen atoms in total. The average molecular weight is 333 g/mol. The summed E-state index contributed by atoms with van der Waals surface area (Å²) in [5, 5.41) is 3.13. The number of imidazole rings is 1. The number of fused-ring (bicyclic) bond motifs is 1. The Balaban J connectivity index is 1.70. The Kier molecular flexibility index (Phi) is 3.62. The number of nitrogens with zero attached hydrogens (tertiary/aromatic N) is 5. The standard InChI is InChI=1S/C17H15N7O/c1-25-12-8-6-11(7-9-12)21-16-19-10-20-17(23-16)24-14-5-3-2-4-13(14)22-15(24)18/h2-10H,1H3,(H2,18,22)(H,19,20,21,23). The highest BCUT2D eigenvalue weighted by molar-refractivity contribution is 5.80. The molecule has 0 bridgehead atoms. The van der Waals surface area contributed by atoms with Crippen LogP contribution in [-0.2, 0) is 0 Å². The van der Waals surface area contributed by atoms with Crippen molar-refractivity contribution < 1.29 is 4.74 Å². The van der Waals surface area contributed by atoms with Crippen molar-refractivity contribution in [3.63, 3.8) is 0 Å². The highest BCUT2D eigenvalue weighted by atomic mass is 16.5. The molecule has 0 aliphatic heterocycles. The predicted molar refractivity (Wildman–Crippen MR) is 95.1 cm³/mol. The van der Waals surface area contributed by atoms with E-state index in [0.29, 0.717) is 17.8 Å². The number of benzene rings is 2. The van der Waals surface area contributed by atoms with Gasteiger partial charge in [0.05, 0.1) is 18.1 Å². The second kappa shape index (κ2) is 6.08. The van der Waals surface area contributed by atoms with Gasteiger partial charge in [-0.15, -0.1) is 0 Å². The minimum Gasteiger partial charge on any atom is -0.497 e. The van der Waals surface area contributed by atoms with Gasteiger partial charge in [0.2, 0.25) is 17.8 Å². The normalized spacial score (nSPS) is 10.8. The van der Waals surface area contributed by atoms with Gasteiger partial charge in [-0.1, -0.05) is 12.1 Å². The van der Waals surface area contributed by atoms with Crippen LogP contribution < -0.4 is 15.8 Å². The van der Waals surface area contributed by atoms with Gasteiger partial charge in [-0.05, 0) is 36.4 Å². The number of hydrogen-bond acceptors (Lipinski definition) is 7. The molecule has 2 aromatic heterocycles. The summed E-state index contributed by atoms with van der Waals surface area (Å²) in [4.78, 5) is 17.2. The summed E-state index contributed by atoms with van der Waals surface area (Å²) in [6.45, 7) is 0. The quantitative estimate of drug-likeness (QED) is 0.591. The zero-order valence-electron chi connectivity index (χ0n) is 13.4. The van der Waals surface area contributed by atoms with Gasteiger partial charge in [-0.2, -0.15) is 4.98 Å². The molecule has 2 aromatic carbocycles. The first-order valence-electron chi connectivity index (χ1n) is 7.58. The summed E-state index contributed by atoms with van der Waals surface area (Å²) in [5.41, 5.74) is 8.49. The van der Waals surface area contributed by atoms with Gasteiger partial charge in [0.1, 0.15) is 12.1 Å². The molecule has 0 radical (unpaired) electrons. The third-order valence-electron chi connectivity index (χ3n) is 3.69. The van der Waals surface area contributed by atoms with E-state index in [1.165, 1.54) is 6.33 Å². The number of aromatic nitrogens is 5. The third kappa shape index (κ3) is 2.80. The number of nitrogen functional groups attached to an aromatic ring is 1. The second-order valence-electron chi connectivity index (χ2n) is 5.26. The Bertz CT molecular complexity index is 1030. The molecule has 0 saturated heterocycles. The number of methoxy groups -OCH3 is 1. The van der Waals surface area contributed by atoms with Crippen molar-refractivity contribution in [1.29, 1.82) is 0 Å². The maximum Gasteiger partial charge on any atom is 0.241 e. The number of hydrogen-bond donors (Lipinski definition) is 2. The van der Waals surface area contributed by atoms with Crippen molar-refractivity contribution in [3.05, 3.63) is 54.9 Å². The lowest BCUT2D eigenvalue weighted by molar-refractivity contribution is 0.415. The molecule has 2 heterocycles. The summed E-state index contributed by atoms with van der Waals surface area (Å²) in [7, 11) is 1.63. The summed E-state index contributed by atoms with van der Waals surface area (Å²) in [6.07, 6.45) is 1.43. The molecule has 0 unspecified atom stereocenters. The Morgan fingerprint density at radius 2 is 1.80 bits per heavy atom. The Morgan fingerprint density at radius 3 is 2.60 bits per heavy atom. The Labute approximate surface area is 143 Å². The zero-order chi connectivity index (χ0) is 17.2. The van der Waals surface area contributed by atoms with Crippen molar-refractivity contribution in [2.45, 2.75) is 0 Å². The molecule has 0 aliphatic rings. The monoisotopic (exact) mass is 333 g/mol. The van der Waals surface area contributed by atoms with Gasteiger partial charge >= 0.3 is 0 Å². The van der Waals surface area contributed by atoms with Crippen LogP contribution in [0.2, 0.25) is 0 Å². The number of rotatable bonds is 4. The van der Waals surface area contributed by atoms with Crippen LogP contribution in [0, 0.1) is 0 Å². The van der Waals surface area contributed by atoms with Crippen molar-refractivity contribution in [3.8, 4) is 11.7 Å². The molecular weight excluding hydrogens is 318 g/mol. The zero-order valence-corrected chi connectivity index (χ0v) is 13.4. The topological polar surface area (TPSA) is 104 Å². The Morgan fingerprint density at radius 1 is 1.00 bits per heavy atom. The molecule has 4 aromatic rings. The number of nitrogens with one attached hydrogen (secondary N) is 1. The lowest BCUT2D eigenvalue weighted by Crippen LogP contribution is -2.08. The Hall–Kier alpha value is -3.68. The molecule has 0 fully saturated rings. The fraction of sp³-hybridized carbons (Fsp3) is 0.0588. The maximum atomic E-state index is 6.04. The molecule has 124 valence electrons. The molecule has 0 spiro atoms. The molecule has 0 amide bonds. The van der Waals surface area contributed by atoms with E-state index in [0.717, 1.165) is 22.5 Å². The second-order valence-corrected chi connectivity index (χ2v) is 5.26. The summed E-state index contributed by atoms with van der Waals surface area (Å²) >= 11 is 0. The van der Waals surface area contributed by atoms with Crippen LogP contribution >= 0.6 is 0 Å². The van der Waals surface area contributed by atoms with E-state index < -0.39 is 0 Å². The van der Waals surface area contributed by atoms with Gasteiger partial charge in [0.15, 0.2) is 0 Å². The fourth-order valence-corrected chi connectivity index (χ4v) is 2.51. The predicted octanol–water partition coefficient (Wildman–Crippen LogP) is 2.54. The van der Waals surface area contributed by atoms with Crippen LogP contribution in [0.25, 0.3) is 17.0 Å². The van der Waals surface area contributed by atoms with E-state index in [-0.39, 0.29) is 0 Å². The van der Waals surface area contributed by atoms with E-state index in [4.69, 9.17) is 10.5 Å². The van der Waals surface area contributed by atoms with E-state index >= 15 is 0 Å². The van der Waals surface area contributed by atoms with Crippen LogP contribution in [0.15, 0.2) is 54.9 Å². The van der Waals surface area contributed by atoms with E-state index in [2.05, 4.69) is 25.3 Å². The SMILES string of the molecule is COc1ccc(Nc2ncnc(-n3c(N)nc4ccccc43)n2)cc1. The molecule has 0 saturated carbocycles. The number of nitrogens with two attached hydrogens (primary N) is 1.